The summed E-state index contributed by atoms with van der Waals surface area (Å²) >= 11 is 6.10. The normalized spacial score (nSPS) is 21.8. The topological polar surface area (TPSA) is 41.1 Å². The number of rotatable bonds is 3. The van der Waals surface area contributed by atoms with Gasteiger partial charge in [-0.15, -0.1) is 12.4 Å². The Hall–Kier alpha value is -0.770. The third-order valence-corrected chi connectivity index (χ3v) is 3.98. The zero-order valence-corrected chi connectivity index (χ0v) is 12.8. The highest BCUT2D eigenvalue weighted by Gasteiger charge is 2.39. The Morgan fingerprint density at radius 3 is 2.84 bits per heavy atom. The van der Waals surface area contributed by atoms with Crippen molar-refractivity contribution in [2.75, 3.05) is 11.9 Å². The molecule has 1 saturated heterocycles. The number of hydrogen-bond acceptors (Lipinski definition) is 2. The summed E-state index contributed by atoms with van der Waals surface area (Å²) in [5, 5.41) is 6.85. The number of benzene rings is 1. The minimum absolute atomic E-state index is 0. The van der Waals surface area contributed by atoms with Crippen LogP contribution in [0.1, 0.15) is 31.7 Å². The summed E-state index contributed by atoms with van der Waals surface area (Å²) in [6, 6.07) is 5.65. The molecule has 1 aromatic rings. The van der Waals surface area contributed by atoms with Crippen LogP contribution in [0.3, 0.4) is 0 Å². The molecule has 1 fully saturated rings. The molecule has 5 heteroatoms. The van der Waals surface area contributed by atoms with E-state index in [1.165, 1.54) is 0 Å². The van der Waals surface area contributed by atoms with Crippen LogP contribution in [0.2, 0.25) is 5.02 Å². The molecule has 0 saturated carbocycles. The van der Waals surface area contributed by atoms with Gasteiger partial charge in [0.25, 0.3) is 0 Å². The molecule has 106 valence electrons. The molecule has 0 aromatic heterocycles. The van der Waals surface area contributed by atoms with E-state index in [1.54, 1.807) is 0 Å². The molecule has 2 rings (SSSR count). The number of halogens is 2. The van der Waals surface area contributed by atoms with Gasteiger partial charge in [-0.1, -0.05) is 24.6 Å². The molecular formula is C14H20Cl2N2O. The molecule has 1 aliphatic rings. The number of amides is 1. The van der Waals surface area contributed by atoms with E-state index in [9.17, 15) is 4.79 Å². The summed E-state index contributed by atoms with van der Waals surface area (Å²) < 4.78 is 0. The number of carbonyl (C=O) groups is 1. The molecule has 3 nitrogen and oxygen atoms in total. The van der Waals surface area contributed by atoms with Crippen molar-refractivity contribution < 1.29 is 4.79 Å². The third-order valence-electron chi connectivity index (χ3n) is 3.65. The minimum Gasteiger partial charge on any atom is -0.323 e. The zero-order chi connectivity index (χ0) is 13.2. The van der Waals surface area contributed by atoms with Crippen LogP contribution in [-0.4, -0.2) is 18.0 Å². The van der Waals surface area contributed by atoms with Gasteiger partial charge in [0, 0.05) is 0 Å². The van der Waals surface area contributed by atoms with E-state index in [-0.39, 0.29) is 18.3 Å². The van der Waals surface area contributed by atoms with E-state index in [4.69, 9.17) is 11.6 Å². The SMILES string of the molecule is CCC1(C(=O)Nc2cc(C)ccc2Cl)CCCN1.Cl. The van der Waals surface area contributed by atoms with Gasteiger partial charge >= 0.3 is 0 Å². The second-order valence-electron chi connectivity index (χ2n) is 4.90. The van der Waals surface area contributed by atoms with Gasteiger partial charge in [-0.2, -0.15) is 0 Å². The first-order valence-electron chi connectivity index (χ1n) is 6.40. The summed E-state index contributed by atoms with van der Waals surface area (Å²) in [7, 11) is 0. The summed E-state index contributed by atoms with van der Waals surface area (Å²) in [4.78, 5) is 12.4. The fourth-order valence-electron chi connectivity index (χ4n) is 2.44. The second-order valence-corrected chi connectivity index (χ2v) is 5.31. The van der Waals surface area contributed by atoms with Crippen molar-refractivity contribution in [2.24, 2.45) is 0 Å². The monoisotopic (exact) mass is 302 g/mol. The first kappa shape index (κ1) is 16.3. The molecule has 1 aromatic carbocycles. The van der Waals surface area contributed by atoms with Crippen molar-refractivity contribution in [3.63, 3.8) is 0 Å². The summed E-state index contributed by atoms with van der Waals surface area (Å²) in [5.74, 6) is 0.0231. The van der Waals surface area contributed by atoms with Crippen LogP contribution in [0, 0.1) is 6.92 Å². The number of hydrogen-bond donors (Lipinski definition) is 2. The van der Waals surface area contributed by atoms with E-state index in [0.717, 1.165) is 31.4 Å². The molecule has 1 aliphatic heterocycles. The lowest BCUT2D eigenvalue weighted by Gasteiger charge is -2.27. The second kappa shape index (κ2) is 6.60. The van der Waals surface area contributed by atoms with Crippen LogP contribution in [0.5, 0.6) is 0 Å². The summed E-state index contributed by atoms with van der Waals surface area (Å²) in [5.41, 5.74) is 1.36. The quantitative estimate of drug-likeness (QED) is 0.896. The third kappa shape index (κ3) is 3.41. The lowest BCUT2D eigenvalue weighted by atomic mass is 9.93. The Labute approximate surface area is 125 Å². The first-order chi connectivity index (χ1) is 8.57. The van der Waals surface area contributed by atoms with Crippen molar-refractivity contribution in [1.82, 2.24) is 5.32 Å². The molecule has 19 heavy (non-hydrogen) atoms. The molecular weight excluding hydrogens is 283 g/mol. The number of anilines is 1. The summed E-state index contributed by atoms with van der Waals surface area (Å²) in [6.07, 6.45) is 2.73. The molecule has 1 atom stereocenters. The Morgan fingerprint density at radius 1 is 1.53 bits per heavy atom. The van der Waals surface area contributed by atoms with Gasteiger partial charge in [-0.05, 0) is 50.4 Å². The van der Waals surface area contributed by atoms with Gasteiger partial charge in [0.1, 0.15) is 0 Å². The number of carbonyl (C=O) groups excluding carboxylic acids is 1. The van der Waals surface area contributed by atoms with E-state index >= 15 is 0 Å². The maximum Gasteiger partial charge on any atom is 0.244 e. The maximum absolute atomic E-state index is 12.4. The van der Waals surface area contributed by atoms with Crippen LogP contribution < -0.4 is 10.6 Å². The highest BCUT2D eigenvalue weighted by atomic mass is 35.5. The average molecular weight is 303 g/mol. The van der Waals surface area contributed by atoms with Crippen molar-refractivity contribution >= 4 is 35.6 Å². The number of nitrogens with one attached hydrogen (secondary N) is 2. The van der Waals surface area contributed by atoms with Crippen LogP contribution in [-0.2, 0) is 4.79 Å². The largest absolute Gasteiger partial charge is 0.323 e. The highest BCUT2D eigenvalue weighted by molar-refractivity contribution is 6.33. The lowest BCUT2D eigenvalue weighted by molar-refractivity contribution is -0.122. The van der Waals surface area contributed by atoms with Gasteiger partial charge in [-0.25, -0.2) is 0 Å². The van der Waals surface area contributed by atoms with Crippen molar-refractivity contribution in [3.05, 3.63) is 28.8 Å². The molecule has 0 aliphatic carbocycles. The molecule has 0 spiro atoms. The van der Waals surface area contributed by atoms with Gasteiger partial charge < -0.3 is 10.6 Å². The number of aryl methyl sites for hydroxylation is 1. The Bertz CT molecular complexity index is 457. The zero-order valence-electron chi connectivity index (χ0n) is 11.3. The fourth-order valence-corrected chi connectivity index (χ4v) is 2.60. The van der Waals surface area contributed by atoms with Crippen LogP contribution in [0.15, 0.2) is 18.2 Å². The molecule has 1 heterocycles. The van der Waals surface area contributed by atoms with Gasteiger partial charge in [0.15, 0.2) is 0 Å². The average Bonchev–Trinajstić information content (AvgIpc) is 2.84. The Morgan fingerprint density at radius 2 is 2.26 bits per heavy atom. The maximum atomic E-state index is 12.4. The molecule has 0 bridgehead atoms. The van der Waals surface area contributed by atoms with E-state index in [1.807, 2.05) is 32.0 Å². The van der Waals surface area contributed by atoms with Crippen LogP contribution >= 0.6 is 24.0 Å². The Kier molecular flexibility index (Phi) is 5.65. The summed E-state index contributed by atoms with van der Waals surface area (Å²) in [6.45, 7) is 4.92. The lowest BCUT2D eigenvalue weighted by Crippen LogP contribution is -2.50. The molecule has 1 amide bonds. The van der Waals surface area contributed by atoms with Crippen molar-refractivity contribution in [2.45, 2.75) is 38.6 Å². The predicted octanol–water partition coefficient (Wildman–Crippen LogP) is 3.54. The van der Waals surface area contributed by atoms with Crippen LogP contribution in [0.4, 0.5) is 5.69 Å². The van der Waals surface area contributed by atoms with Gasteiger partial charge in [0.2, 0.25) is 5.91 Å². The predicted molar refractivity (Wildman–Crippen MR) is 82.3 cm³/mol. The van der Waals surface area contributed by atoms with E-state index in [0.29, 0.717) is 10.7 Å². The Balaban J connectivity index is 0.00000180. The fraction of sp³-hybridized carbons (Fsp3) is 0.500. The highest BCUT2D eigenvalue weighted by Crippen LogP contribution is 2.28. The van der Waals surface area contributed by atoms with E-state index in [2.05, 4.69) is 10.6 Å². The standard InChI is InChI=1S/C14H19ClN2O.ClH/c1-3-14(7-4-8-16-14)13(18)17-12-9-10(2)5-6-11(12)15;/h5-6,9,16H,3-4,7-8H2,1-2H3,(H,17,18);1H. The van der Waals surface area contributed by atoms with Crippen molar-refractivity contribution in [1.29, 1.82) is 0 Å². The molecule has 2 N–H and O–H groups in total. The smallest absolute Gasteiger partial charge is 0.244 e. The molecule has 1 unspecified atom stereocenters. The minimum atomic E-state index is -0.424. The molecule has 0 radical (unpaired) electrons. The van der Waals surface area contributed by atoms with Crippen LogP contribution in [0.25, 0.3) is 0 Å². The van der Waals surface area contributed by atoms with Crippen molar-refractivity contribution in [3.8, 4) is 0 Å². The van der Waals surface area contributed by atoms with Gasteiger partial charge in [0.05, 0.1) is 16.2 Å². The van der Waals surface area contributed by atoms with Gasteiger partial charge in [-0.3, -0.25) is 4.79 Å². The first-order valence-corrected chi connectivity index (χ1v) is 6.78. The van der Waals surface area contributed by atoms with E-state index < -0.39 is 5.54 Å².